The van der Waals surface area contributed by atoms with Crippen molar-refractivity contribution in [2.75, 3.05) is 0 Å². The lowest BCUT2D eigenvalue weighted by Gasteiger charge is -2.18. The van der Waals surface area contributed by atoms with Gasteiger partial charge in [0.1, 0.15) is 0 Å². The smallest absolute Gasteiger partial charge is 0.167 e. The number of quaternary nitrogens is 2. The zero-order chi connectivity index (χ0) is 16.5. The summed E-state index contributed by atoms with van der Waals surface area (Å²) in [5, 5.41) is 5.06. The van der Waals surface area contributed by atoms with Crippen LogP contribution in [0.5, 0.6) is 0 Å². The van der Waals surface area contributed by atoms with Crippen molar-refractivity contribution in [3.63, 3.8) is 0 Å². The summed E-state index contributed by atoms with van der Waals surface area (Å²) >= 11 is 0. The highest BCUT2D eigenvalue weighted by atomic mass is 14.8. The largest absolute Gasteiger partial charge is 0.346 e. The summed E-state index contributed by atoms with van der Waals surface area (Å²) in [4.78, 5) is 0. The number of benzene rings is 4. The van der Waals surface area contributed by atoms with E-state index in [1.165, 1.54) is 32.7 Å². The highest BCUT2D eigenvalue weighted by Crippen LogP contribution is 2.31. The summed E-state index contributed by atoms with van der Waals surface area (Å²) in [6.45, 7) is 0. The molecule has 2 heteroatoms. The molecule has 2 nitrogen and oxygen atoms in total. The maximum Gasteiger partial charge on any atom is 0.167 e. The molecule has 0 aliphatic rings. The predicted molar refractivity (Wildman–Crippen MR) is 99.2 cm³/mol. The molecule has 0 unspecified atom stereocenters. The number of rotatable bonds is 3. The van der Waals surface area contributed by atoms with E-state index in [9.17, 15) is 0 Å². The molecule has 0 saturated heterocycles. The van der Waals surface area contributed by atoms with E-state index in [0.29, 0.717) is 0 Å². The lowest BCUT2D eigenvalue weighted by molar-refractivity contribution is -0.539. The van der Waals surface area contributed by atoms with E-state index in [2.05, 4.69) is 96.4 Å². The predicted octanol–water partition coefficient (Wildman–Crippen LogP) is 3.26. The van der Waals surface area contributed by atoms with Crippen LogP contribution in [0, 0.1) is 0 Å². The van der Waals surface area contributed by atoms with Crippen molar-refractivity contribution in [2.45, 2.75) is 12.1 Å². The maximum atomic E-state index is 4.48. The molecular formula is C22H22N2+2. The molecule has 0 aliphatic heterocycles. The minimum Gasteiger partial charge on any atom is -0.346 e. The molecule has 24 heavy (non-hydrogen) atoms. The fourth-order valence-electron chi connectivity index (χ4n) is 3.58. The Morgan fingerprint density at radius 1 is 0.458 bits per heavy atom. The third-order valence-electron chi connectivity index (χ3n) is 4.93. The number of fused-ring (bicyclic) bond motifs is 2. The quantitative estimate of drug-likeness (QED) is 0.583. The van der Waals surface area contributed by atoms with Crippen LogP contribution in [0.3, 0.4) is 0 Å². The Bertz CT molecular complexity index is 913. The lowest BCUT2D eigenvalue weighted by Crippen LogP contribution is -2.68. The lowest BCUT2D eigenvalue weighted by atomic mass is 9.89. The minimum absolute atomic E-state index is 0.0990. The van der Waals surface area contributed by atoms with Gasteiger partial charge in [-0.3, -0.25) is 0 Å². The summed E-state index contributed by atoms with van der Waals surface area (Å²) in [6.07, 6.45) is 0. The van der Waals surface area contributed by atoms with Crippen LogP contribution in [0.4, 0.5) is 0 Å². The first-order valence-electron chi connectivity index (χ1n) is 8.37. The zero-order valence-electron chi connectivity index (χ0n) is 13.7. The van der Waals surface area contributed by atoms with Gasteiger partial charge in [0.15, 0.2) is 12.1 Å². The third-order valence-corrected chi connectivity index (χ3v) is 4.93. The molecule has 118 valence electrons. The second kappa shape index (κ2) is 6.08. The first-order valence-corrected chi connectivity index (χ1v) is 8.37. The summed E-state index contributed by atoms with van der Waals surface area (Å²) in [5.74, 6) is 0. The van der Waals surface area contributed by atoms with Crippen molar-refractivity contribution in [1.29, 1.82) is 0 Å². The Labute approximate surface area is 141 Å². The molecule has 0 fully saturated rings. The standard InChI is InChI=1S/C22H20N2/c23-21(19-13-5-9-15-7-1-3-11-17(15)19)22(24)20-14-6-10-16-8-2-4-12-18(16)20/h1-14,21-22H,23-24H2/p+2/t21-,22+. The van der Waals surface area contributed by atoms with Gasteiger partial charge in [0, 0.05) is 11.1 Å². The Morgan fingerprint density at radius 2 is 0.833 bits per heavy atom. The number of hydrogen-bond acceptors (Lipinski definition) is 0. The van der Waals surface area contributed by atoms with Gasteiger partial charge in [-0.25, -0.2) is 0 Å². The summed E-state index contributed by atoms with van der Waals surface area (Å²) in [7, 11) is 0. The molecule has 0 spiro atoms. The molecule has 2 atom stereocenters. The SMILES string of the molecule is [NH3+][C@H](c1cccc2ccccc12)[C@@H]([NH3+])c1cccc2ccccc12. The molecule has 0 aromatic heterocycles. The molecule has 0 bridgehead atoms. The topological polar surface area (TPSA) is 55.3 Å². The van der Waals surface area contributed by atoms with Gasteiger partial charge in [-0.2, -0.15) is 0 Å². The second-order valence-corrected chi connectivity index (χ2v) is 6.35. The molecule has 0 heterocycles. The molecule has 0 amide bonds. The normalized spacial score (nSPS) is 13.9. The van der Waals surface area contributed by atoms with Crippen LogP contribution in [-0.4, -0.2) is 0 Å². The van der Waals surface area contributed by atoms with E-state index in [4.69, 9.17) is 0 Å². The van der Waals surface area contributed by atoms with E-state index in [-0.39, 0.29) is 12.1 Å². The van der Waals surface area contributed by atoms with E-state index >= 15 is 0 Å². The van der Waals surface area contributed by atoms with Gasteiger partial charge in [-0.1, -0.05) is 84.9 Å². The van der Waals surface area contributed by atoms with Crippen LogP contribution >= 0.6 is 0 Å². The molecule has 6 N–H and O–H groups in total. The zero-order valence-corrected chi connectivity index (χ0v) is 13.7. The van der Waals surface area contributed by atoms with E-state index in [0.717, 1.165) is 0 Å². The Kier molecular flexibility index (Phi) is 3.77. The van der Waals surface area contributed by atoms with Crippen molar-refractivity contribution in [2.24, 2.45) is 0 Å². The highest BCUT2D eigenvalue weighted by molar-refractivity contribution is 5.87. The highest BCUT2D eigenvalue weighted by Gasteiger charge is 2.27. The van der Waals surface area contributed by atoms with Crippen molar-refractivity contribution < 1.29 is 11.5 Å². The van der Waals surface area contributed by atoms with Gasteiger partial charge in [-0.05, 0) is 21.5 Å². The molecule has 4 aromatic rings. The third kappa shape index (κ3) is 2.46. The van der Waals surface area contributed by atoms with Gasteiger partial charge in [0.25, 0.3) is 0 Å². The fraction of sp³-hybridized carbons (Fsp3) is 0.0909. The summed E-state index contributed by atoms with van der Waals surface area (Å²) in [5.41, 5.74) is 11.5. The van der Waals surface area contributed by atoms with Crippen LogP contribution < -0.4 is 11.5 Å². The van der Waals surface area contributed by atoms with Crippen molar-refractivity contribution >= 4 is 21.5 Å². The van der Waals surface area contributed by atoms with Gasteiger partial charge < -0.3 is 11.5 Å². The maximum absolute atomic E-state index is 4.48. The summed E-state index contributed by atoms with van der Waals surface area (Å²) < 4.78 is 0. The second-order valence-electron chi connectivity index (χ2n) is 6.35. The van der Waals surface area contributed by atoms with Gasteiger partial charge in [0.05, 0.1) is 0 Å². The molecule has 0 radical (unpaired) electrons. The van der Waals surface area contributed by atoms with Crippen molar-refractivity contribution in [3.05, 3.63) is 96.1 Å². The molecular weight excluding hydrogens is 292 g/mol. The molecule has 4 rings (SSSR count). The Morgan fingerprint density at radius 3 is 1.29 bits per heavy atom. The Hall–Kier alpha value is -2.68. The summed E-state index contributed by atoms with van der Waals surface area (Å²) in [6, 6.07) is 30.1. The minimum atomic E-state index is 0.0990. The van der Waals surface area contributed by atoms with Gasteiger partial charge in [0.2, 0.25) is 0 Å². The van der Waals surface area contributed by atoms with Crippen molar-refractivity contribution in [3.8, 4) is 0 Å². The first-order chi connectivity index (χ1) is 11.8. The molecule has 4 aromatic carbocycles. The van der Waals surface area contributed by atoms with Gasteiger partial charge in [-0.15, -0.1) is 0 Å². The van der Waals surface area contributed by atoms with Crippen LogP contribution in [0.1, 0.15) is 23.2 Å². The van der Waals surface area contributed by atoms with Crippen LogP contribution in [0.25, 0.3) is 21.5 Å². The average Bonchev–Trinajstić information content (AvgIpc) is 2.66. The first kappa shape index (κ1) is 14.9. The van der Waals surface area contributed by atoms with Gasteiger partial charge >= 0.3 is 0 Å². The molecule has 0 aliphatic carbocycles. The number of hydrogen-bond donors (Lipinski definition) is 2. The van der Waals surface area contributed by atoms with Crippen LogP contribution in [-0.2, 0) is 0 Å². The average molecular weight is 314 g/mol. The van der Waals surface area contributed by atoms with Crippen LogP contribution in [0.2, 0.25) is 0 Å². The van der Waals surface area contributed by atoms with Crippen molar-refractivity contribution in [1.82, 2.24) is 0 Å². The van der Waals surface area contributed by atoms with Crippen LogP contribution in [0.15, 0.2) is 84.9 Å². The Balaban J connectivity index is 1.82. The molecule has 0 saturated carbocycles. The van der Waals surface area contributed by atoms with E-state index < -0.39 is 0 Å². The van der Waals surface area contributed by atoms with E-state index in [1.807, 2.05) is 0 Å². The fourth-order valence-corrected chi connectivity index (χ4v) is 3.58. The van der Waals surface area contributed by atoms with E-state index in [1.54, 1.807) is 0 Å². The monoisotopic (exact) mass is 314 g/mol.